The smallest absolute Gasteiger partial charge is 0.365 e. The van der Waals surface area contributed by atoms with E-state index in [0.29, 0.717) is 6.54 Å². The molecule has 1 aromatic rings. The zero-order valence-corrected chi connectivity index (χ0v) is 17.1. The minimum Gasteiger partial charge on any atom is -0.365 e. The Morgan fingerprint density at radius 3 is 1.74 bits per heavy atom. The number of ketones is 2. The zero-order chi connectivity index (χ0) is 24.1. The second kappa shape index (κ2) is 10.1. The van der Waals surface area contributed by atoms with E-state index in [2.05, 4.69) is 16.9 Å². The van der Waals surface area contributed by atoms with Crippen molar-refractivity contribution in [3.05, 3.63) is 11.4 Å². The van der Waals surface area contributed by atoms with E-state index in [-0.39, 0.29) is 5.91 Å². The summed E-state index contributed by atoms with van der Waals surface area (Å²) in [4.78, 5) is 34.8. The lowest BCUT2D eigenvalue weighted by molar-refractivity contribution is -0.193. The van der Waals surface area contributed by atoms with Crippen LogP contribution in [-0.2, 0) is 20.9 Å². The molecule has 1 aliphatic heterocycles. The van der Waals surface area contributed by atoms with Crippen molar-refractivity contribution in [1.29, 1.82) is 0 Å². The van der Waals surface area contributed by atoms with Crippen molar-refractivity contribution < 1.29 is 40.7 Å². The number of anilines is 1. The Kier molecular flexibility index (Phi) is 8.61. The summed E-state index contributed by atoms with van der Waals surface area (Å²) in [5.41, 5.74) is 9.02. The van der Waals surface area contributed by atoms with Gasteiger partial charge in [-0.25, -0.2) is 0 Å². The molecule has 0 saturated carbocycles. The van der Waals surface area contributed by atoms with Crippen LogP contribution in [-0.4, -0.2) is 77.2 Å². The van der Waals surface area contributed by atoms with Crippen LogP contribution >= 0.6 is 0 Å². The summed E-state index contributed by atoms with van der Waals surface area (Å²) in [6.45, 7) is 10.4. The number of alkyl halides is 6. The Morgan fingerprint density at radius 1 is 0.935 bits per heavy atom. The summed E-state index contributed by atoms with van der Waals surface area (Å²) in [6, 6.07) is 0. The zero-order valence-electron chi connectivity index (χ0n) is 17.1. The Bertz CT molecular complexity index is 786. The lowest BCUT2D eigenvalue weighted by Crippen LogP contribution is -2.48. The van der Waals surface area contributed by atoms with Crippen molar-refractivity contribution in [1.82, 2.24) is 14.7 Å². The number of nitrogens with two attached hydrogens (primary N) is 1. The van der Waals surface area contributed by atoms with Crippen molar-refractivity contribution in [2.24, 2.45) is 5.73 Å². The molecular weight excluding hydrogens is 436 g/mol. The first-order valence-corrected chi connectivity index (χ1v) is 9.08. The van der Waals surface area contributed by atoms with Gasteiger partial charge in [0.1, 0.15) is 0 Å². The number of carbonyl (C=O) groups excluding carboxylic acids is 3. The van der Waals surface area contributed by atoms with Gasteiger partial charge in [0.05, 0.1) is 23.6 Å². The van der Waals surface area contributed by atoms with Gasteiger partial charge in [0, 0.05) is 39.6 Å². The number of nitrogens with zero attached hydrogens (tertiary/aromatic N) is 4. The van der Waals surface area contributed by atoms with Crippen molar-refractivity contribution in [2.75, 3.05) is 37.6 Å². The Balaban J connectivity index is 0.000000348. The topological polar surface area (TPSA) is 102 Å². The molecule has 1 saturated heterocycles. The predicted octanol–water partition coefficient (Wildman–Crippen LogP) is 1.38. The van der Waals surface area contributed by atoms with Crippen molar-refractivity contribution in [3.8, 4) is 0 Å². The number of halogens is 6. The summed E-state index contributed by atoms with van der Waals surface area (Å²) in [6.07, 6.45) is -11.5. The molecule has 1 fully saturated rings. The summed E-state index contributed by atoms with van der Waals surface area (Å²) in [5, 5.41) is 4.54. The molecule has 2 heterocycles. The number of aromatic nitrogens is 2. The molecular formula is C17H23F6N5O3. The van der Waals surface area contributed by atoms with E-state index >= 15 is 0 Å². The van der Waals surface area contributed by atoms with E-state index in [1.165, 1.54) is 11.4 Å². The third-order valence-electron chi connectivity index (χ3n) is 4.45. The van der Waals surface area contributed by atoms with Crippen LogP contribution in [0.4, 0.5) is 32.0 Å². The average Bonchev–Trinajstić information content (AvgIpc) is 2.93. The molecule has 2 rings (SSSR count). The van der Waals surface area contributed by atoms with Crippen LogP contribution in [0.3, 0.4) is 0 Å². The molecule has 176 valence electrons. The van der Waals surface area contributed by atoms with Crippen LogP contribution < -0.4 is 10.6 Å². The van der Waals surface area contributed by atoms with Gasteiger partial charge in [-0.15, -0.1) is 0 Å². The second-order valence-electron chi connectivity index (χ2n) is 6.68. The van der Waals surface area contributed by atoms with Gasteiger partial charge in [0.15, 0.2) is 0 Å². The lowest BCUT2D eigenvalue weighted by Gasteiger charge is -2.35. The highest BCUT2D eigenvalue weighted by atomic mass is 19.4. The van der Waals surface area contributed by atoms with E-state index in [9.17, 15) is 40.7 Å². The Labute approximate surface area is 173 Å². The molecule has 0 spiro atoms. The highest BCUT2D eigenvalue weighted by molar-refractivity contribution is 6.41. The fourth-order valence-electron chi connectivity index (χ4n) is 2.99. The Morgan fingerprint density at radius 2 is 1.39 bits per heavy atom. The van der Waals surface area contributed by atoms with Gasteiger partial charge in [0.25, 0.3) is 0 Å². The highest BCUT2D eigenvalue weighted by Crippen LogP contribution is 2.26. The van der Waals surface area contributed by atoms with E-state index in [1.807, 2.05) is 16.5 Å². The standard InChI is InChI=1S/C13H23N5O.C4F6O2/c1-10-13(11(2)18(15-10)5-4-14)17-8-6-16(7-9-17)12(3)19;5-3(6,7)1(11)2(12)4(8,9)10/h4-9,14H2,1-3H3;. The number of amides is 1. The molecule has 0 unspecified atom stereocenters. The van der Waals surface area contributed by atoms with Crippen molar-refractivity contribution >= 4 is 23.2 Å². The number of carbonyl (C=O) groups is 3. The average molecular weight is 459 g/mol. The third kappa shape index (κ3) is 6.94. The lowest BCUT2D eigenvalue weighted by atomic mass is 10.2. The third-order valence-corrected chi connectivity index (χ3v) is 4.45. The fourth-order valence-corrected chi connectivity index (χ4v) is 2.99. The van der Waals surface area contributed by atoms with Gasteiger partial charge in [-0.2, -0.15) is 31.4 Å². The SMILES string of the molecule is CC(=O)N1CCN(c2c(C)nn(CCN)c2C)CC1.O=C(C(=O)C(F)(F)F)C(F)(F)F. The van der Waals surface area contributed by atoms with Crippen LogP contribution in [0.2, 0.25) is 0 Å². The molecule has 31 heavy (non-hydrogen) atoms. The highest BCUT2D eigenvalue weighted by Gasteiger charge is 2.54. The maximum absolute atomic E-state index is 11.3. The molecule has 1 aromatic heterocycles. The van der Waals surface area contributed by atoms with Gasteiger partial charge < -0.3 is 15.5 Å². The van der Waals surface area contributed by atoms with Crippen LogP contribution in [0.25, 0.3) is 0 Å². The second-order valence-corrected chi connectivity index (χ2v) is 6.68. The minimum absolute atomic E-state index is 0.159. The number of hydrogen-bond donors (Lipinski definition) is 1. The van der Waals surface area contributed by atoms with Crippen LogP contribution in [0.5, 0.6) is 0 Å². The quantitative estimate of drug-likeness (QED) is 0.539. The van der Waals surface area contributed by atoms with Gasteiger partial charge in [-0.1, -0.05) is 0 Å². The number of Topliss-reactive ketones (excluding diaryl/α,β-unsaturated/α-hetero) is 2. The molecule has 0 bridgehead atoms. The molecule has 0 aromatic carbocycles. The van der Waals surface area contributed by atoms with Crippen molar-refractivity contribution in [3.63, 3.8) is 0 Å². The largest absolute Gasteiger partial charge is 0.458 e. The number of hydrogen-bond acceptors (Lipinski definition) is 6. The van der Waals surface area contributed by atoms with Gasteiger partial charge in [0.2, 0.25) is 5.91 Å². The number of piperazine rings is 1. The molecule has 1 aliphatic rings. The van der Waals surface area contributed by atoms with Crippen molar-refractivity contribution in [2.45, 2.75) is 39.7 Å². The summed E-state index contributed by atoms with van der Waals surface area (Å²) in [7, 11) is 0. The van der Waals surface area contributed by atoms with Crippen LogP contribution in [0, 0.1) is 13.8 Å². The van der Waals surface area contributed by atoms with Gasteiger partial charge in [-0.3, -0.25) is 19.1 Å². The molecule has 1 amide bonds. The molecule has 0 aliphatic carbocycles. The molecule has 8 nitrogen and oxygen atoms in total. The molecule has 14 heteroatoms. The summed E-state index contributed by atoms with van der Waals surface area (Å²) >= 11 is 0. The first-order chi connectivity index (χ1) is 14.1. The molecule has 2 N–H and O–H groups in total. The maximum Gasteiger partial charge on any atom is 0.458 e. The van der Waals surface area contributed by atoms with Crippen LogP contribution in [0.15, 0.2) is 0 Å². The number of rotatable bonds is 4. The predicted molar refractivity (Wildman–Crippen MR) is 97.3 cm³/mol. The van der Waals surface area contributed by atoms with E-state index in [1.54, 1.807) is 6.92 Å². The van der Waals surface area contributed by atoms with E-state index < -0.39 is 23.9 Å². The first-order valence-electron chi connectivity index (χ1n) is 9.08. The fraction of sp³-hybridized carbons (Fsp3) is 0.647. The number of aryl methyl sites for hydroxylation is 1. The summed E-state index contributed by atoms with van der Waals surface area (Å²) < 4.78 is 68.9. The molecule has 0 atom stereocenters. The van der Waals surface area contributed by atoms with Crippen LogP contribution in [0.1, 0.15) is 18.3 Å². The monoisotopic (exact) mass is 459 g/mol. The van der Waals surface area contributed by atoms with Gasteiger partial charge >= 0.3 is 23.9 Å². The van der Waals surface area contributed by atoms with Gasteiger partial charge in [-0.05, 0) is 13.8 Å². The normalized spacial score (nSPS) is 14.8. The maximum atomic E-state index is 11.3. The summed E-state index contributed by atoms with van der Waals surface area (Å²) in [5.74, 6) is -6.66. The molecule has 0 radical (unpaired) electrons. The van der Waals surface area contributed by atoms with E-state index in [4.69, 9.17) is 5.73 Å². The van der Waals surface area contributed by atoms with E-state index in [0.717, 1.165) is 38.4 Å². The Hall–Kier alpha value is -2.64. The minimum atomic E-state index is -5.77. The first kappa shape index (κ1) is 26.4.